The molecule has 0 amide bonds. The van der Waals surface area contributed by atoms with Crippen LogP contribution in [0.25, 0.3) is 0 Å². The quantitative estimate of drug-likeness (QED) is 0.582. The molecule has 1 N–H and O–H groups in total. The number of likely N-dealkylation sites (N-methyl/N-ethyl adjacent to an activating group) is 1. The molecule has 3 heteroatoms. The molecule has 0 fully saturated rings. The molecule has 0 spiro atoms. The van der Waals surface area contributed by atoms with Crippen molar-refractivity contribution >= 4 is 0 Å². The number of methoxy groups -OCH3 is 1. The van der Waals surface area contributed by atoms with Gasteiger partial charge in [-0.15, -0.1) is 0 Å². The van der Waals surface area contributed by atoms with E-state index in [1.165, 1.54) is 5.56 Å². The SMILES string of the molecule is CCCCOc1ccc(CC(C#Cc2ccc(OC)cc2)NC)cc1. The van der Waals surface area contributed by atoms with Crippen LogP contribution >= 0.6 is 0 Å². The molecule has 3 nitrogen and oxygen atoms in total. The molecule has 132 valence electrons. The van der Waals surface area contributed by atoms with E-state index >= 15 is 0 Å². The molecular weight excluding hydrogens is 310 g/mol. The largest absolute Gasteiger partial charge is 0.497 e. The molecule has 0 aliphatic carbocycles. The van der Waals surface area contributed by atoms with E-state index in [0.717, 1.165) is 42.9 Å². The van der Waals surface area contributed by atoms with Crippen LogP contribution in [0.5, 0.6) is 11.5 Å². The van der Waals surface area contributed by atoms with E-state index in [9.17, 15) is 0 Å². The summed E-state index contributed by atoms with van der Waals surface area (Å²) in [6, 6.07) is 16.2. The highest BCUT2D eigenvalue weighted by Gasteiger charge is 2.04. The van der Waals surface area contributed by atoms with Gasteiger partial charge in [-0.05, 0) is 61.9 Å². The zero-order valence-corrected chi connectivity index (χ0v) is 15.3. The van der Waals surface area contributed by atoms with Gasteiger partial charge >= 0.3 is 0 Å². The lowest BCUT2D eigenvalue weighted by atomic mass is 10.1. The van der Waals surface area contributed by atoms with Gasteiger partial charge in [0.2, 0.25) is 0 Å². The summed E-state index contributed by atoms with van der Waals surface area (Å²) in [7, 11) is 3.60. The molecule has 0 aliphatic heterocycles. The van der Waals surface area contributed by atoms with Crippen LogP contribution in [-0.2, 0) is 6.42 Å². The van der Waals surface area contributed by atoms with Crippen molar-refractivity contribution in [2.45, 2.75) is 32.2 Å². The molecule has 0 saturated heterocycles. The van der Waals surface area contributed by atoms with Crippen molar-refractivity contribution in [2.75, 3.05) is 20.8 Å². The second-order valence-electron chi connectivity index (χ2n) is 5.89. The molecular formula is C22H27NO2. The van der Waals surface area contributed by atoms with Gasteiger partial charge in [-0.1, -0.05) is 37.3 Å². The van der Waals surface area contributed by atoms with E-state index in [0.29, 0.717) is 0 Å². The smallest absolute Gasteiger partial charge is 0.119 e. The molecule has 25 heavy (non-hydrogen) atoms. The average Bonchev–Trinajstić information content (AvgIpc) is 2.67. The minimum absolute atomic E-state index is 0.106. The van der Waals surface area contributed by atoms with Gasteiger partial charge in [-0.2, -0.15) is 0 Å². The second kappa shape index (κ2) is 10.4. The maximum atomic E-state index is 5.70. The first-order chi connectivity index (χ1) is 12.2. The number of hydrogen-bond donors (Lipinski definition) is 1. The Bertz CT molecular complexity index is 681. The molecule has 1 atom stereocenters. The molecule has 0 aromatic heterocycles. The van der Waals surface area contributed by atoms with Gasteiger partial charge in [0.15, 0.2) is 0 Å². The minimum Gasteiger partial charge on any atom is -0.497 e. The van der Waals surface area contributed by atoms with Gasteiger partial charge in [0, 0.05) is 5.56 Å². The molecule has 0 bridgehead atoms. The highest BCUT2D eigenvalue weighted by Crippen LogP contribution is 2.14. The first-order valence-corrected chi connectivity index (χ1v) is 8.79. The van der Waals surface area contributed by atoms with E-state index in [-0.39, 0.29) is 6.04 Å². The van der Waals surface area contributed by atoms with Crippen molar-refractivity contribution in [3.63, 3.8) is 0 Å². The van der Waals surface area contributed by atoms with Gasteiger partial charge in [-0.3, -0.25) is 0 Å². The normalized spacial score (nSPS) is 11.3. The topological polar surface area (TPSA) is 30.5 Å². The third-order valence-electron chi connectivity index (χ3n) is 3.96. The molecule has 0 radical (unpaired) electrons. The Balaban J connectivity index is 1.93. The summed E-state index contributed by atoms with van der Waals surface area (Å²) in [6.07, 6.45) is 3.09. The monoisotopic (exact) mass is 337 g/mol. The number of benzene rings is 2. The average molecular weight is 337 g/mol. The van der Waals surface area contributed by atoms with E-state index in [1.54, 1.807) is 7.11 Å². The van der Waals surface area contributed by atoms with Crippen LogP contribution in [0.15, 0.2) is 48.5 Å². The minimum atomic E-state index is 0.106. The Morgan fingerprint density at radius 3 is 2.28 bits per heavy atom. The molecule has 2 rings (SSSR count). The maximum absolute atomic E-state index is 5.70. The number of rotatable bonds is 8. The molecule has 1 unspecified atom stereocenters. The lowest BCUT2D eigenvalue weighted by Gasteiger charge is -2.11. The van der Waals surface area contributed by atoms with Gasteiger partial charge in [0.05, 0.1) is 19.8 Å². The maximum Gasteiger partial charge on any atom is 0.119 e. The lowest BCUT2D eigenvalue weighted by molar-refractivity contribution is 0.309. The lowest BCUT2D eigenvalue weighted by Crippen LogP contribution is -2.25. The second-order valence-corrected chi connectivity index (χ2v) is 5.89. The Morgan fingerprint density at radius 1 is 1.00 bits per heavy atom. The summed E-state index contributed by atoms with van der Waals surface area (Å²) in [4.78, 5) is 0. The van der Waals surface area contributed by atoms with E-state index in [4.69, 9.17) is 9.47 Å². The summed E-state index contributed by atoms with van der Waals surface area (Å²) < 4.78 is 10.9. The van der Waals surface area contributed by atoms with Crippen LogP contribution in [-0.4, -0.2) is 26.8 Å². The zero-order valence-electron chi connectivity index (χ0n) is 15.3. The van der Waals surface area contributed by atoms with Crippen molar-refractivity contribution in [2.24, 2.45) is 0 Å². The van der Waals surface area contributed by atoms with Crippen LogP contribution in [0.2, 0.25) is 0 Å². The number of unbranched alkanes of at least 4 members (excludes halogenated alkanes) is 1. The number of ether oxygens (including phenoxy) is 2. The third kappa shape index (κ3) is 6.52. The third-order valence-corrected chi connectivity index (χ3v) is 3.96. The van der Waals surface area contributed by atoms with Crippen molar-refractivity contribution in [1.29, 1.82) is 0 Å². The Hall–Kier alpha value is -2.44. The molecule has 0 aliphatic rings. The molecule has 0 heterocycles. The van der Waals surface area contributed by atoms with Crippen molar-refractivity contribution in [3.05, 3.63) is 59.7 Å². The van der Waals surface area contributed by atoms with E-state index in [1.807, 2.05) is 43.4 Å². The van der Waals surface area contributed by atoms with Crippen LogP contribution < -0.4 is 14.8 Å². The fourth-order valence-corrected chi connectivity index (χ4v) is 2.36. The van der Waals surface area contributed by atoms with Crippen molar-refractivity contribution in [3.8, 4) is 23.3 Å². The van der Waals surface area contributed by atoms with Crippen LogP contribution in [0.3, 0.4) is 0 Å². The molecule has 2 aromatic carbocycles. The fraction of sp³-hybridized carbons (Fsp3) is 0.364. The fourth-order valence-electron chi connectivity index (χ4n) is 2.36. The summed E-state index contributed by atoms with van der Waals surface area (Å²) in [5.74, 6) is 8.29. The zero-order chi connectivity index (χ0) is 17.9. The summed E-state index contributed by atoms with van der Waals surface area (Å²) in [5.41, 5.74) is 2.23. The summed E-state index contributed by atoms with van der Waals surface area (Å²) in [5, 5.41) is 3.27. The number of hydrogen-bond acceptors (Lipinski definition) is 3. The van der Waals surface area contributed by atoms with Gasteiger partial charge in [-0.25, -0.2) is 0 Å². The van der Waals surface area contributed by atoms with Gasteiger partial charge in [0.1, 0.15) is 11.5 Å². The summed E-state index contributed by atoms with van der Waals surface area (Å²) >= 11 is 0. The van der Waals surface area contributed by atoms with Crippen LogP contribution in [0.4, 0.5) is 0 Å². The molecule has 0 saturated carbocycles. The van der Waals surface area contributed by atoms with Crippen molar-refractivity contribution in [1.82, 2.24) is 5.32 Å². The Kier molecular flexibility index (Phi) is 7.88. The van der Waals surface area contributed by atoms with Crippen molar-refractivity contribution < 1.29 is 9.47 Å². The first-order valence-electron chi connectivity index (χ1n) is 8.79. The van der Waals surface area contributed by atoms with Gasteiger partial charge in [0.25, 0.3) is 0 Å². The highest BCUT2D eigenvalue weighted by atomic mass is 16.5. The van der Waals surface area contributed by atoms with Crippen LogP contribution in [0.1, 0.15) is 30.9 Å². The highest BCUT2D eigenvalue weighted by molar-refractivity contribution is 5.39. The first kappa shape index (κ1) is 18.9. The predicted molar refractivity (Wildman–Crippen MR) is 103 cm³/mol. The molecule has 2 aromatic rings. The summed E-state index contributed by atoms with van der Waals surface area (Å²) in [6.45, 7) is 2.94. The van der Waals surface area contributed by atoms with Gasteiger partial charge < -0.3 is 14.8 Å². The Labute approximate surface area is 151 Å². The van der Waals surface area contributed by atoms with E-state index < -0.39 is 0 Å². The van der Waals surface area contributed by atoms with Crippen LogP contribution in [0, 0.1) is 11.8 Å². The standard InChI is InChI=1S/C22H27NO2/c1-4-5-16-25-22-14-9-19(10-15-22)17-20(23-2)11-6-18-7-12-21(24-3)13-8-18/h7-10,12-15,20,23H,4-5,16-17H2,1-3H3. The van der Waals surface area contributed by atoms with E-state index in [2.05, 4.69) is 36.2 Å². The Morgan fingerprint density at radius 2 is 1.68 bits per heavy atom. The number of nitrogens with one attached hydrogen (secondary N) is 1. The predicted octanol–water partition coefficient (Wildman–Crippen LogP) is 4.06.